The molecule has 1 unspecified atom stereocenters. The van der Waals surface area contributed by atoms with Gasteiger partial charge < -0.3 is 24.8 Å². The van der Waals surface area contributed by atoms with Crippen LogP contribution in [0.4, 0.5) is 10.6 Å². The summed E-state index contributed by atoms with van der Waals surface area (Å²) in [5.41, 5.74) is 12.4. The van der Waals surface area contributed by atoms with E-state index in [-0.39, 0.29) is 30.0 Å². The zero-order valence-corrected chi connectivity index (χ0v) is 25.6. The lowest BCUT2D eigenvalue weighted by Gasteiger charge is -2.39. The molecule has 2 N–H and O–H groups in total. The maximum atomic E-state index is 12.5. The number of amides is 1. The molecule has 1 amide bonds. The van der Waals surface area contributed by atoms with E-state index < -0.39 is 0 Å². The number of benzene rings is 3. The van der Waals surface area contributed by atoms with Gasteiger partial charge in [0.25, 0.3) is 0 Å². The summed E-state index contributed by atoms with van der Waals surface area (Å²) in [6.45, 7) is 7.59. The van der Waals surface area contributed by atoms with Crippen LogP contribution in [0.3, 0.4) is 0 Å². The molecular weight excluding hydrogens is 554 g/mol. The van der Waals surface area contributed by atoms with Gasteiger partial charge in [-0.2, -0.15) is 0 Å². The Bertz CT molecular complexity index is 1710. The Labute approximate surface area is 258 Å². The molecule has 8 heteroatoms. The van der Waals surface area contributed by atoms with Gasteiger partial charge in [0.1, 0.15) is 17.7 Å². The van der Waals surface area contributed by atoms with Crippen molar-refractivity contribution >= 4 is 28.7 Å². The van der Waals surface area contributed by atoms with Crippen LogP contribution in [0.5, 0.6) is 5.75 Å². The standard InChI is InChI=1S/C36H39N3O5/c1-4-42-33(40)21-27-23(3)7-6-8-31(27)44-32-22-36(14-17-39(18-15-36)35(41)43-5-2)30-12-11-26(20-29(30)32)25-10-9-24-13-16-38-34(37)28(24)19-25/h6-13,16,19-20,32H,4-5,14-15,17-18,21-22H2,1-3H3,(H2,37,38). The van der Waals surface area contributed by atoms with E-state index in [0.717, 1.165) is 57.9 Å². The van der Waals surface area contributed by atoms with E-state index in [1.165, 1.54) is 5.56 Å². The monoisotopic (exact) mass is 593 g/mol. The summed E-state index contributed by atoms with van der Waals surface area (Å²) in [6, 6.07) is 20.8. The first-order valence-electron chi connectivity index (χ1n) is 15.4. The average molecular weight is 594 g/mol. The van der Waals surface area contributed by atoms with Gasteiger partial charge in [-0.1, -0.05) is 36.4 Å². The van der Waals surface area contributed by atoms with E-state index in [9.17, 15) is 9.59 Å². The maximum absolute atomic E-state index is 12.5. The van der Waals surface area contributed by atoms with Crippen molar-refractivity contribution < 1.29 is 23.8 Å². The number of hydrogen-bond donors (Lipinski definition) is 1. The van der Waals surface area contributed by atoms with Crippen LogP contribution >= 0.6 is 0 Å². The summed E-state index contributed by atoms with van der Waals surface area (Å²) in [5.74, 6) is 0.936. The number of aryl methyl sites for hydroxylation is 1. The van der Waals surface area contributed by atoms with Crippen LogP contribution in [0.15, 0.2) is 66.9 Å². The number of carbonyl (C=O) groups is 2. The fourth-order valence-corrected chi connectivity index (χ4v) is 6.87. The van der Waals surface area contributed by atoms with E-state index in [2.05, 4.69) is 41.4 Å². The van der Waals surface area contributed by atoms with Crippen molar-refractivity contribution in [2.24, 2.45) is 0 Å². The summed E-state index contributed by atoms with van der Waals surface area (Å²) in [6.07, 6.45) is 3.82. The van der Waals surface area contributed by atoms with E-state index in [4.69, 9.17) is 19.9 Å². The van der Waals surface area contributed by atoms with E-state index >= 15 is 0 Å². The highest BCUT2D eigenvalue weighted by Gasteiger charge is 2.47. The van der Waals surface area contributed by atoms with Crippen molar-refractivity contribution in [2.75, 3.05) is 32.0 Å². The second-order valence-corrected chi connectivity index (χ2v) is 11.7. The van der Waals surface area contributed by atoms with Crippen molar-refractivity contribution in [1.29, 1.82) is 0 Å². The second kappa shape index (κ2) is 12.2. The molecule has 0 radical (unpaired) electrons. The fourth-order valence-electron chi connectivity index (χ4n) is 6.87. The number of nitrogen functional groups attached to an aromatic ring is 1. The highest BCUT2D eigenvalue weighted by atomic mass is 16.6. The van der Waals surface area contributed by atoms with E-state index in [1.54, 1.807) is 6.20 Å². The minimum atomic E-state index is -0.270. The van der Waals surface area contributed by atoms with Gasteiger partial charge in [0.2, 0.25) is 0 Å². The Kier molecular flexibility index (Phi) is 8.17. The Balaban J connectivity index is 1.38. The SMILES string of the molecule is CCOC(=O)Cc1c(C)cccc1OC1CC2(CCN(C(=O)OCC)CC2)c2ccc(-c3ccc4ccnc(N)c4c3)cc21. The lowest BCUT2D eigenvalue weighted by molar-refractivity contribution is -0.142. The third-order valence-corrected chi connectivity index (χ3v) is 9.19. The number of carbonyl (C=O) groups excluding carboxylic acids is 2. The number of pyridine rings is 1. The Morgan fingerprint density at radius 3 is 2.50 bits per heavy atom. The van der Waals surface area contributed by atoms with Gasteiger partial charge in [0, 0.05) is 35.7 Å². The lowest BCUT2D eigenvalue weighted by Crippen LogP contribution is -2.44. The molecule has 0 saturated carbocycles. The van der Waals surface area contributed by atoms with Crippen LogP contribution in [0, 0.1) is 6.92 Å². The number of anilines is 1. The average Bonchev–Trinajstić information content (AvgIpc) is 3.31. The number of nitrogens with two attached hydrogens (primary N) is 1. The molecule has 1 spiro atoms. The number of likely N-dealkylation sites (tertiary alicyclic amines) is 1. The quantitative estimate of drug-likeness (QED) is 0.232. The summed E-state index contributed by atoms with van der Waals surface area (Å²) in [7, 11) is 0. The van der Waals surface area contributed by atoms with Crippen LogP contribution < -0.4 is 10.5 Å². The highest BCUT2D eigenvalue weighted by Crippen LogP contribution is 2.53. The number of rotatable bonds is 7. The predicted octanol–water partition coefficient (Wildman–Crippen LogP) is 6.91. The third kappa shape index (κ3) is 5.56. The summed E-state index contributed by atoms with van der Waals surface area (Å²) in [4.78, 5) is 31.1. The van der Waals surface area contributed by atoms with Crippen molar-refractivity contribution in [1.82, 2.24) is 9.88 Å². The van der Waals surface area contributed by atoms with Gasteiger partial charge in [-0.25, -0.2) is 9.78 Å². The molecule has 2 heterocycles. The van der Waals surface area contributed by atoms with Gasteiger partial charge in [0.15, 0.2) is 0 Å². The highest BCUT2D eigenvalue weighted by molar-refractivity contribution is 5.94. The second-order valence-electron chi connectivity index (χ2n) is 11.7. The Morgan fingerprint density at radius 2 is 1.73 bits per heavy atom. The van der Waals surface area contributed by atoms with E-state index in [0.29, 0.717) is 37.9 Å². The molecule has 1 aliphatic heterocycles. The van der Waals surface area contributed by atoms with Gasteiger partial charge in [-0.3, -0.25) is 4.79 Å². The molecule has 44 heavy (non-hydrogen) atoms. The molecule has 6 rings (SSSR count). The summed E-state index contributed by atoms with van der Waals surface area (Å²) < 4.78 is 17.4. The maximum Gasteiger partial charge on any atom is 0.409 e. The number of aromatic nitrogens is 1. The van der Waals surface area contributed by atoms with Gasteiger partial charge >= 0.3 is 12.1 Å². The number of nitrogens with zero attached hydrogens (tertiary/aromatic N) is 2. The molecule has 228 valence electrons. The largest absolute Gasteiger partial charge is 0.485 e. The number of ether oxygens (including phenoxy) is 3. The molecule has 1 atom stereocenters. The molecule has 3 aromatic carbocycles. The van der Waals surface area contributed by atoms with Crippen molar-refractivity contribution in [3.8, 4) is 16.9 Å². The first kappa shape index (κ1) is 29.5. The van der Waals surface area contributed by atoms with Gasteiger partial charge in [-0.15, -0.1) is 0 Å². The summed E-state index contributed by atoms with van der Waals surface area (Å²) in [5, 5.41) is 1.97. The summed E-state index contributed by atoms with van der Waals surface area (Å²) >= 11 is 0. The number of fused-ring (bicyclic) bond motifs is 3. The lowest BCUT2D eigenvalue weighted by atomic mass is 9.73. The first-order valence-corrected chi connectivity index (χ1v) is 15.4. The van der Waals surface area contributed by atoms with Crippen molar-refractivity contribution in [2.45, 2.75) is 58.0 Å². The van der Waals surface area contributed by atoms with Gasteiger partial charge in [0.05, 0.1) is 19.6 Å². The zero-order chi connectivity index (χ0) is 30.8. The van der Waals surface area contributed by atoms with Crippen molar-refractivity contribution in [3.05, 3.63) is 89.1 Å². The third-order valence-electron chi connectivity index (χ3n) is 9.19. The molecule has 1 aliphatic carbocycles. The first-order chi connectivity index (χ1) is 21.3. The molecule has 4 aromatic rings. The van der Waals surface area contributed by atoms with Crippen LogP contribution in [-0.4, -0.2) is 48.2 Å². The number of hydrogen-bond acceptors (Lipinski definition) is 7. The normalized spacial score (nSPS) is 17.0. The van der Waals surface area contributed by atoms with Crippen LogP contribution in [0.25, 0.3) is 21.9 Å². The molecule has 1 aromatic heterocycles. The molecule has 1 saturated heterocycles. The minimum absolute atomic E-state index is 0.135. The molecule has 2 aliphatic rings. The number of esters is 1. The fraction of sp³-hybridized carbons (Fsp3) is 0.361. The zero-order valence-electron chi connectivity index (χ0n) is 25.6. The predicted molar refractivity (Wildman–Crippen MR) is 171 cm³/mol. The molecular formula is C36H39N3O5. The minimum Gasteiger partial charge on any atom is -0.485 e. The van der Waals surface area contributed by atoms with E-state index in [1.807, 2.05) is 49.9 Å². The molecule has 8 nitrogen and oxygen atoms in total. The topological polar surface area (TPSA) is 104 Å². The van der Waals surface area contributed by atoms with Gasteiger partial charge in [-0.05, 0) is 97.5 Å². The van der Waals surface area contributed by atoms with Crippen LogP contribution in [0.1, 0.15) is 61.5 Å². The smallest absolute Gasteiger partial charge is 0.409 e. The van der Waals surface area contributed by atoms with Crippen LogP contribution in [-0.2, 0) is 26.1 Å². The Morgan fingerprint density at radius 1 is 0.977 bits per heavy atom. The van der Waals surface area contributed by atoms with Crippen molar-refractivity contribution in [3.63, 3.8) is 0 Å². The molecule has 1 fully saturated rings. The van der Waals surface area contributed by atoms with Crippen LogP contribution in [0.2, 0.25) is 0 Å². The Hall–Kier alpha value is -4.59. The molecule has 0 bridgehead atoms. The number of piperidine rings is 1.